The lowest BCUT2D eigenvalue weighted by Gasteiger charge is -2.25. The summed E-state index contributed by atoms with van der Waals surface area (Å²) in [4.78, 5) is 0. The van der Waals surface area contributed by atoms with Gasteiger partial charge in [-0.25, -0.2) is 0 Å². The molecule has 0 aromatic carbocycles. The smallest absolute Gasteiger partial charge is 0.351 e. The number of hydrogen-bond donors (Lipinski definition) is 1. The van der Waals surface area contributed by atoms with Crippen LogP contribution in [0.3, 0.4) is 0 Å². The first-order valence-electron chi connectivity index (χ1n) is 3.49. The number of rotatable bonds is 5. The highest BCUT2D eigenvalue weighted by molar-refractivity contribution is 6.67. The minimum absolute atomic E-state index is 0.858. The van der Waals surface area contributed by atoms with Gasteiger partial charge in [0.15, 0.2) is 0 Å². The quantitative estimate of drug-likeness (QED) is 0.599. The van der Waals surface area contributed by atoms with E-state index in [0.29, 0.717) is 0 Å². The van der Waals surface area contributed by atoms with Gasteiger partial charge in [0.1, 0.15) is 0 Å². The summed E-state index contributed by atoms with van der Waals surface area (Å²) >= 11 is 0. The molecule has 4 heteroatoms. The van der Waals surface area contributed by atoms with Crippen LogP contribution in [0.4, 0.5) is 0 Å². The first-order chi connectivity index (χ1) is 4.74. The third kappa shape index (κ3) is 2.38. The van der Waals surface area contributed by atoms with E-state index in [0.717, 1.165) is 12.2 Å². The van der Waals surface area contributed by atoms with Gasteiger partial charge in [-0.2, -0.15) is 0 Å². The van der Waals surface area contributed by atoms with Crippen molar-refractivity contribution in [2.45, 2.75) is 13.0 Å². The number of nitrogens with one attached hydrogen (secondary N) is 1. The Morgan fingerprint density at radius 3 is 1.90 bits per heavy atom. The molecule has 0 saturated heterocycles. The van der Waals surface area contributed by atoms with Gasteiger partial charge >= 0.3 is 8.56 Å². The molecule has 0 heterocycles. The largest absolute Gasteiger partial charge is 0.397 e. The summed E-state index contributed by atoms with van der Waals surface area (Å²) in [6, 6.07) is 0.987. The first-order valence-corrected chi connectivity index (χ1v) is 5.72. The minimum Gasteiger partial charge on any atom is -0.397 e. The van der Waals surface area contributed by atoms with Gasteiger partial charge in [-0.3, -0.25) is 0 Å². The van der Waals surface area contributed by atoms with Crippen LogP contribution in [0, 0.1) is 0 Å². The Morgan fingerprint density at radius 1 is 1.30 bits per heavy atom. The molecule has 0 bridgehead atoms. The van der Waals surface area contributed by atoms with Gasteiger partial charge in [-0.05, 0) is 13.1 Å². The monoisotopic (exact) mass is 163 g/mol. The minimum atomic E-state index is -1.83. The van der Waals surface area contributed by atoms with Gasteiger partial charge in [-0.1, -0.05) is 6.92 Å². The highest BCUT2D eigenvalue weighted by atomic mass is 28.4. The van der Waals surface area contributed by atoms with Gasteiger partial charge in [0.05, 0.1) is 0 Å². The summed E-state index contributed by atoms with van der Waals surface area (Å²) < 4.78 is 10.7. The Balaban J connectivity index is 3.87. The van der Waals surface area contributed by atoms with Gasteiger partial charge in [-0.15, -0.1) is 0 Å². The fourth-order valence-electron chi connectivity index (χ4n) is 0.911. The molecule has 3 nitrogen and oxygen atoms in total. The van der Waals surface area contributed by atoms with Crippen LogP contribution in [0.5, 0.6) is 0 Å². The van der Waals surface area contributed by atoms with E-state index < -0.39 is 8.56 Å². The van der Waals surface area contributed by atoms with E-state index in [1.165, 1.54) is 0 Å². The molecule has 1 N–H and O–H groups in total. The molecule has 0 aromatic heterocycles. The van der Waals surface area contributed by atoms with Gasteiger partial charge in [0.2, 0.25) is 0 Å². The molecule has 0 rings (SSSR count). The molecule has 0 atom stereocenters. The van der Waals surface area contributed by atoms with Gasteiger partial charge in [0, 0.05) is 20.4 Å². The third-order valence-electron chi connectivity index (χ3n) is 1.73. The Hall–Kier alpha value is 0.0969. The molecule has 0 aliphatic rings. The lowest BCUT2D eigenvalue weighted by molar-refractivity contribution is 0.241. The zero-order valence-corrected chi connectivity index (χ0v) is 8.23. The zero-order valence-electron chi connectivity index (χ0n) is 7.23. The van der Waals surface area contributed by atoms with Crippen LogP contribution < -0.4 is 5.32 Å². The van der Waals surface area contributed by atoms with E-state index in [1.54, 1.807) is 14.2 Å². The SMILES string of the molecule is CC[Si](CNC)(OC)OC. The molecule has 0 spiro atoms. The topological polar surface area (TPSA) is 30.5 Å². The summed E-state index contributed by atoms with van der Waals surface area (Å²) in [5, 5.41) is 3.07. The van der Waals surface area contributed by atoms with E-state index in [-0.39, 0.29) is 0 Å². The summed E-state index contributed by atoms with van der Waals surface area (Å²) in [6.45, 7) is 2.09. The molecule has 0 radical (unpaired) electrons. The summed E-state index contributed by atoms with van der Waals surface area (Å²) in [5.74, 6) is 0. The second kappa shape index (κ2) is 4.84. The van der Waals surface area contributed by atoms with Crippen molar-refractivity contribution >= 4 is 8.56 Å². The van der Waals surface area contributed by atoms with Crippen molar-refractivity contribution in [3.8, 4) is 0 Å². The predicted molar refractivity (Wildman–Crippen MR) is 44.2 cm³/mol. The molecule has 0 saturated carbocycles. The van der Waals surface area contributed by atoms with Crippen molar-refractivity contribution in [3.05, 3.63) is 0 Å². The Morgan fingerprint density at radius 2 is 1.80 bits per heavy atom. The highest BCUT2D eigenvalue weighted by Gasteiger charge is 2.31. The maximum absolute atomic E-state index is 5.33. The maximum Gasteiger partial charge on any atom is 0.351 e. The second-order valence-corrected chi connectivity index (χ2v) is 5.90. The van der Waals surface area contributed by atoms with Crippen molar-refractivity contribution < 1.29 is 8.85 Å². The van der Waals surface area contributed by atoms with E-state index in [4.69, 9.17) is 8.85 Å². The molecule has 0 aliphatic heterocycles. The van der Waals surface area contributed by atoms with E-state index in [9.17, 15) is 0 Å². The third-order valence-corrected chi connectivity index (χ3v) is 5.19. The average molecular weight is 163 g/mol. The predicted octanol–water partition coefficient (Wildman–Crippen LogP) is 0.500. The lowest BCUT2D eigenvalue weighted by atomic mass is 11.0. The average Bonchev–Trinajstić information content (AvgIpc) is 2.01. The molecule has 0 unspecified atom stereocenters. The fourth-order valence-corrected chi connectivity index (χ4v) is 2.73. The van der Waals surface area contributed by atoms with Crippen LogP contribution in [0.1, 0.15) is 6.92 Å². The molecular formula is C6H17NO2Si. The highest BCUT2D eigenvalue weighted by Crippen LogP contribution is 2.08. The molecule has 10 heavy (non-hydrogen) atoms. The van der Waals surface area contributed by atoms with E-state index in [2.05, 4.69) is 12.2 Å². The van der Waals surface area contributed by atoms with Crippen molar-refractivity contribution in [3.63, 3.8) is 0 Å². The molecule has 0 amide bonds. The first kappa shape index (κ1) is 10.1. The Kier molecular flexibility index (Phi) is 4.89. The van der Waals surface area contributed by atoms with Crippen molar-refractivity contribution in [2.24, 2.45) is 0 Å². The Labute approximate surface area is 64.0 Å². The standard InChI is InChI=1S/C6H17NO2Si/c1-5-10(8-3,9-4)6-7-2/h7H,5-6H2,1-4H3. The summed E-state index contributed by atoms with van der Waals surface area (Å²) in [7, 11) is 3.52. The van der Waals surface area contributed by atoms with Gasteiger partial charge < -0.3 is 14.2 Å². The van der Waals surface area contributed by atoms with Crippen LogP contribution in [-0.4, -0.2) is 36.0 Å². The Bertz CT molecular complexity index is 77.6. The second-order valence-electron chi connectivity index (χ2n) is 2.20. The van der Waals surface area contributed by atoms with Crippen LogP contribution in [0.2, 0.25) is 6.04 Å². The molecule has 0 aliphatic carbocycles. The van der Waals surface area contributed by atoms with Crippen molar-refractivity contribution in [1.82, 2.24) is 5.32 Å². The van der Waals surface area contributed by atoms with Crippen LogP contribution in [-0.2, 0) is 8.85 Å². The normalized spacial score (nSPS) is 12.0. The summed E-state index contributed by atoms with van der Waals surface area (Å²) in [5.41, 5.74) is 0. The molecule has 0 aromatic rings. The molecule has 62 valence electrons. The van der Waals surface area contributed by atoms with Crippen molar-refractivity contribution in [2.75, 3.05) is 27.4 Å². The molecular weight excluding hydrogens is 146 g/mol. The van der Waals surface area contributed by atoms with Crippen LogP contribution in [0.15, 0.2) is 0 Å². The molecule has 0 fully saturated rings. The maximum atomic E-state index is 5.33. The van der Waals surface area contributed by atoms with E-state index in [1.807, 2.05) is 7.05 Å². The fraction of sp³-hybridized carbons (Fsp3) is 1.00. The summed E-state index contributed by atoms with van der Waals surface area (Å²) in [6.07, 6.45) is 0.858. The van der Waals surface area contributed by atoms with Crippen molar-refractivity contribution in [1.29, 1.82) is 0 Å². The zero-order chi connectivity index (χ0) is 8.04. The van der Waals surface area contributed by atoms with Crippen LogP contribution in [0.25, 0.3) is 0 Å². The van der Waals surface area contributed by atoms with Gasteiger partial charge in [0.25, 0.3) is 0 Å². The number of hydrogen-bond acceptors (Lipinski definition) is 3. The lowest BCUT2D eigenvalue weighted by Crippen LogP contribution is -2.48. The van der Waals surface area contributed by atoms with Crippen LogP contribution >= 0.6 is 0 Å². The van der Waals surface area contributed by atoms with E-state index >= 15 is 0 Å².